The van der Waals surface area contributed by atoms with Crippen LogP contribution >= 0.6 is 0 Å². The number of nitrogens with one attached hydrogen (secondary N) is 1. The third-order valence-electron chi connectivity index (χ3n) is 5.23. The van der Waals surface area contributed by atoms with Crippen molar-refractivity contribution in [3.05, 3.63) is 94.1 Å². The van der Waals surface area contributed by atoms with Crippen LogP contribution in [0.25, 0.3) is 21.8 Å². The van der Waals surface area contributed by atoms with Crippen LogP contribution in [0, 0.1) is 0 Å². The predicted octanol–water partition coefficient (Wildman–Crippen LogP) is 4.55. The zero-order valence-corrected chi connectivity index (χ0v) is 17.6. The molecule has 5 nitrogen and oxygen atoms in total. The fourth-order valence-corrected chi connectivity index (χ4v) is 3.69. The van der Waals surface area contributed by atoms with Crippen molar-refractivity contribution in [1.29, 1.82) is 0 Å². The number of aromatic nitrogens is 1. The molecule has 0 aliphatic rings. The number of benzene rings is 3. The lowest BCUT2D eigenvalue weighted by Gasteiger charge is -2.15. The minimum atomic E-state index is -4.35. The molecule has 0 spiro atoms. The average Bonchev–Trinajstić information content (AvgIpc) is 2.80. The van der Waals surface area contributed by atoms with E-state index in [4.69, 9.17) is 0 Å². The lowest BCUT2D eigenvalue weighted by Crippen LogP contribution is -2.28. The molecule has 3 aromatic carbocycles. The second kappa shape index (κ2) is 9.46. The smallest absolute Gasteiger partial charge is 0.367 e. The van der Waals surface area contributed by atoms with E-state index < -0.39 is 12.8 Å². The summed E-state index contributed by atoms with van der Waals surface area (Å²) in [5, 5.41) is 3.95. The molecule has 1 N–H and O–H groups in total. The second-order valence-electron chi connectivity index (χ2n) is 7.65. The summed E-state index contributed by atoms with van der Waals surface area (Å²) in [5.74, 6) is -0.230. The van der Waals surface area contributed by atoms with Gasteiger partial charge in [-0.1, -0.05) is 48.5 Å². The standard InChI is InChI=1S/C25H21F3N2O3/c26-25(27,28)16-33-15-18-11-9-17(10-12-18)13-29-23(31)14-30-21-7-3-1-5-19(21)24(32)20-6-2-4-8-22(20)30/h1-12H,13-16H2,(H,29,31). The third-order valence-corrected chi connectivity index (χ3v) is 5.23. The van der Waals surface area contributed by atoms with Gasteiger partial charge in [-0.15, -0.1) is 0 Å². The first-order valence-electron chi connectivity index (χ1n) is 10.3. The Morgan fingerprint density at radius 3 is 1.97 bits per heavy atom. The van der Waals surface area contributed by atoms with Crippen molar-refractivity contribution in [2.45, 2.75) is 25.9 Å². The van der Waals surface area contributed by atoms with E-state index in [-0.39, 0.29) is 31.0 Å². The van der Waals surface area contributed by atoms with E-state index in [0.29, 0.717) is 27.4 Å². The lowest BCUT2D eigenvalue weighted by molar-refractivity contribution is -0.176. The molecule has 1 aromatic heterocycles. The van der Waals surface area contributed by atoms with Crippen molar-refractivity contribution >= 4 is 27.7 Å². The molecule has 4 aromatic rings. The monoisotopic (exact) mass is 454 g/mol. The number of hydrogen-bond acceptors (Lipinski definition) is 3. The number of hydrogen-bond donors (Lipinski definition) is 1. The van der Waals surface area contributed by atoms with E-state index in [1.165, 1.54) is 0 Å². The first-order valence-corrected chi connectivity index (χ1v) is 10.3. The normalized spacial score (nSPS) is 11.7. The van der Waals surface area contributed by atoms with Gasteiger partial charge in [-0.25, -0.2) is 0 Å². The van der Waals surface area contributed by atoms with Crippen molar-refractivity contribution in [1.82, 2.24) is 9.88 Å². The van der Waals surface area contributed by atoms with Crippen molar-refractivity contribution in [2.75, 3.05) is 6.61 Å². The molecule has 0 fully saturated rings. The number of pyridine rings is 1. The Morgan fingerprint density at radius 1 is 0.848 bits per heavy atom. The SMILES string of the molecule is O=C(Cn1c2ccccc2c(=O)c2ccccc21)NCc1ccc(COCC(F)(F)F)cc1. The van der Waals surface area contributed by atoms with Gasteiger partial charge in [0, 0.05) is 17.3 Å². The molecule has 0 aliphatic carbocycles. The van der Waals surface area contributed by atoms with Crippen LogP contribution in [0.1, 0.15) is 11.1 Å². The summed E-state index contributed by atoms with van der Waals surface area (Å²) < 4.78 is 43.0. The molecule has 1 heterocycles. The molecule has 0 radical (unpaired) electrons. The molecule has 0 saturated carbocycles. The second-order valence-corrected chi connectivity index (χ2v) is 7.65. The molecule has 0 saturated heterocycles. The number of carbonyl (C=O) groups is 1. The summed E-state index contributed by atoms with van der Waals surface area (Å²) in [6, 6.07) is 21.2. The summed E-state index contributed by atoms with van der Waals surface area (Å²) >= 11 is 0. The maximum atomic E-state index is 12.8. The summed E-state index contributed by atoms with van der Waals surface area (Å²) in [5.41, 5.74) is 2.70. The average molecular weight is 454 g/mol. The molecule has 0 aliphatic heterocycles. The maximum absolute atomic E-state index is 12.8. The molecule has 0 unspecified atom stereocenters. The molecule has 0 atom stereocenters. The van der Waals surface area contributed by atoms with E-state index in [0.717, 1.165) is 5.56 Å². The lowest BCUT2D eigenvalue weighted by atomic mass is 10.1. The Labute approximate surface area is 187 Å². The molecular weight excluding hydrogens is 433 g/mol. The van der Waals surface area contributed by atoms with Crippen LogP contribution in [0.15, 0.2) is 77.6 Å². The van der Waals surface area contributed by atoms with Crippen molar-refractivity contribution in [2.24, 2.45) is 0 Å². The highest BCUT2D eigenvalue weighted by molar-refractivity contribution is 5.94. The van der Waals surface area contributed by atoms with Gasteiger partial charge in [-0.05, 0) is 35.4 Å². The van der Waals surface area contributed by atoms with Crippen molar-refractivity contribution in [3.63, 3.8) is 0 Å². The maximum Gasteiger partial charge on any atom is 0.411 e. The molecule has 8 heteroatoms. The molecule has 1 amide bonds. The summed E-state index contributed by atoms with van der Waals surface area (Å²) in [6.07, 6.45) is -4.35. The van der Waals surface area contributed by atoms with Crippen LogP contribution < -0.4 is 10.7 Å². The highest BCUT2D eigenvalue weighted by Crippen LogP contribution is 2.19. The zero-order chi connectivity index (χ0) is 23.4. The third kappa shape index (κ3) is 5.40. The zero-order valence-electron chi connectivity index (χ0n) is 17.6. The highest BCUT2D eigenvalue weighted by Gasteiger charge is 2.27. The summed E-state index contributed by atoms with van der Waals surface area (Å²) in [7, 11) is 0. The van der Waals surface area contributed by atoms with Gasteiger partial charge in [0.25, 0.3) is 0 Å². The van der Waals surface area contributed by atoms with E-state index in [1.54, 1.807) is 48.5 Å². The summed E-state index contributed by atoms with van der Waals surface area (Å²) in [4.78, 5) is 25.5. The van der Waals surface area contributed by atoms with Crippen LogP contribution in [0.3, 0.4) is 0 Å². The molecule has 170 valence electrons. The van der Waals surface area contributed by atoms with E-state index >= 15 is 0 Å². The number of ether oxygens (including phenoxy) is 1. The number of carbonyl (C=O) groups excluding carboxylic acids is 1. The highest BCUT2D eigenvalue weighted by atomic mass is 19.4. The Bertz CT molecular complexity index is 1290. The van der Waals surface area contributed by atoms with Gasteiger partial charge < -0.3 is 14.6 Å². The van der Waals surface area contributed by atoms with Gasteiger partial charge in [-0.2, -0.15) is 13.2 Å². The number of nitrogens with zero attached hydrogens (tertiary/aromatic N) is 1. The fourth-order valence-electron chi connectivity index (χ4n) is 3.69. The topological polar surface area (TPSA) is 60.3 Å². The van der Waals surface area contributed by atoms with Crippen LogP contribution in [-0.4, -0.2) is 23.3 Å². The Balaban J connectivity index is 1.44. The molecule has 33 heavy (non-hydrogen) atoms. The van der Waals surface area contributed by atoms with Gasteiger partial charge >= 0.3 is 6.18 Å². The van der Waals surface area contributed by atoms with Gasteiger partial charge in [0.2, 0.25) is 5.91 Å². The van der Waals surface area contributed by atoms with Crippen molar-refractivity contribution in [3.8, 4) is 0 Å². The number of amides is 1. The van der Waals surface area contributed by atoms with Gasteiger partial charge in [0.15, 0.2) is 5.43 Å². The van der Waals surface area contributed by atoms with Crippen LogP contribution in [-0.2, 0) is 29.2 Å². The minimum Gasteiger partial charge on any atom is -0.367 e. The molecule has 4 rings (SSSR count). The van der Waals surface area contributed by atoms with Gasteiger partial charge in [0.05, 0.1) is 17.6 Å². The minimum absolute atomic E-state index is 0.0324. The van der Waals surface area contributed by atoms with Crippen LogP contribution in [0.2, 0.25) is 0 Å². The fraction of sp³-hybridized carbons (Fsp3) is 0.200. The van der Waals surface area contributed by atoms with Gasteiger partial charge in [0.1, 0.15) is 13.2 Å². The first-order chi connectivity index (χ1) is 15.8. The number of fused-ring (bicyclic) bond motifs is 2. The van der Waals surface area contributed by atoms with Crippen molar-refractivity contribution < 1.29 is 22.7 Å². The first kappa shape index (κ1) is 22.5. The quantitative estimate of drug-likeness (QED) is 0.417. The molecular formula is C25H21F3N2O3. The van der Waals surface area contributed by atoms with E-state index in [1.807, 2.05) is 28.8 Å². The summed E-state index contributed by atoms with van der Waals surface area (Å²) in [6.45, 7) is -1.14. The number of para-hydroxylation sites is 2. The molecule has 0 bridgehead atoms. The Hall–Kier alpha value is -3.65. The van der Waals surface area contributed by atoms with E-state index in [2.05, 4.69) is 10.1 Å². The number of alkyl halides is 3. The van der Waals surface area contributed by atoms with Gasteiger partial charge in [-0.3, -0.25) is 9.59 Å². The largest absolute Gasteiger partial charge is 0.411 e. The Morgan fingerprint density at radius 2 is 1.39 bits per heavy atom. The number of rotatable bonds is 7. The van der Waals surface area contributed by atoms with Crippen LogP contribution in [0.5, 0.6) is 0 Å². The predicted molar refractivity (Wildman–Crippen MR) is 120 cm³/mol. The van der Waals surface area contributed by atoms with E-state index in [9.17, 15) is 22.8 Å². The van der Waals surface area contributed by atoms with Crippen LogP contribution in [0.4, 0.5) is 13.2 Å². The number of halogens is 3. The Kier molecular flexibility index (Phi) is 6.46.